The molecule has 0 fully saturated rings. The summed E-state index contributed by atoms with van der Waals surface area (Å²) in [5.74, 6) is 1.61. The van der Waals surface area contributed by atoms with Gasteiger partial charge in [0.2, 0.25) is 4.45 Å². The summed E-state index contributed by atoms with van der Waals surface area (Å²) in [6, 6.07) is 1.90. The summed E-state index contributed by atoms with van der Waals surface area (Å²) in [4.78, 5) is 10.9. The van der Waals surface area contributed by atoms with Crippen LogP contribution in [0, 0.1) is 6.92 Å². The molecule has 66 valence electrons. The Bertz CT molecular complexity index is 268. The Kier molecular flexibility index (Phi) is 3.75. The standard InChI is InChI=1S/C8H10O2S2/c1-6-7(3-4-10-6)5-12-8(9)11-2/h3-4H,5H2,1-2H3. The molecule has 2 nitrogen and oxygen atoms in total. The highest BCUT2D eigenvalue weighted by atomic mass is 32.2. The maximum absolute atomic E-state index is 10.9. The quantitative estimate of drug-likeness (QED) is 0.736. The Morgan fingerprint density at radius 2 is 2.42 bits per heavy atom. The van der Waals surface area contributed by atoms with Gasteiger partial charge in [-0.15, -0.1) is 0 Å². The van der Waals surface area contributed by atoms with Crippen LogP contribution in [0.15, 0.2) is 16.7 Å². The average Bonchev–Trinajstić information content (AvgIpc) is 2.47. The van der Waals surface area contributed by atoms with E-state index in [-0.39, 0.29) is 4.45 Å². The molecule has 0 saturated carbocycles. The van der Waals surface area contributed by atoms with Gasteiger partial charge in [-0.05, 0) is 19.2 Å². The summed E-state index contributed by atoms with van der Waals surface area (Å²) < 4.78 is 5.25. The van der Waals surface area contributed by atoms with Crippen molar-refractivity contribution >= 4 is 28.0 Å². The monoisotopic (exact) mass is 202 g/mol. The molecule has 0 aliphatic rings. The van der Waals surface area contributed by atoms with Crippen molar-refractivity contribution in [3.8, 4) is 0 Å². The summed E-state index contributed by atoms with van der Waals surface area (Å²) in [7, 11) is 0. The second-order valence-electron chi connectivity index (χ2n) is 2.24. The zero-order valence-electron chi connectivity index (χ0n) is 6.99. The van der Waals surface area contributed by atoms with Gasteiger partial charge in [0.05, 0.1) is 6.26 Å². The third-order valence-corrected chi connectivity index (χ3v) is 3.36. The van der Waals surface area contributed by atoms with Crippen LogP contribution in [0.25, 0.3) is 0 Å². The highest BCUT2D eigenvalue weighted by Gasteiger charge is 2.04. The van der Waals surface area contributed by atoms with E-state index in [4.69, 9.17) is 4.42 Å². The molecule has 1 aromatic heterocycles. The normalized spacial score (nSPS) is 10.2. The van der Waals surface area contributed by atoms with Crippen molar-refractivity contribution in [2.75, 3.05) is 6.26 Å². The maximum atomic E-state index is 10.9. The van der Waals surface area contributed by atoms with Crippen molar-refractivity contribution in [1.29, 1.82) is 0 Å². The fourth-order valence-electron chi connectivity index (χ4n) is 0.757. The van der Waals surface area contributed by atoms with E-state index in [9.17, 15) is 4.79 Å². The van der Waals surface area contributed by atoms with Crippen molar-refractivity contribution in [2.45, 2.75) is 12.7 Å². The van der Waals surface area contributed by atoms with Gasteiger partial charge in [0, 0.05) is 11.3 Å². The predicted molar refractivity (Wildman–Crippen MR) is 53.7 cm³/mol. The number of hydrogen-bond donors (Lipinski definition) is 0. The minimum absolute atomic E-state index is 0.149. The highest BCUT2D eigenvalue weighted by Crippen LogP contribution is 2.21. The largest absolute Gasteiger partial charge is 0.469 e. The molecule has 4 heteroatoms. The van der Waals surface area contributed by atoms with E-state index in [1.165, 1.54) is 23.5 Å². The molecule has 0 bridgehead atoms. The van der Waals surface area contributed by atoms with E-state index in [1.54, 1.807) is 12.5 Å². The van der Waals surface area contributed by atoms with Gasteiger partial charge in [0.25, 0.3) is 0 Å². The SMILES string of the molecule is CSC(=O)SCc1ccoc1C. The van der Waals surface area contributed by atoms with Crippen LogP contribution >= 0.6 is 23.5 Å². The molecule has 0 atom stereocenters. The molecule has 0 saturated heterocycles. The lowest BCUT2D eigenvalue weighted by atomic mass is 10.3. The van der Waals surface area contributed by atoms with Crippen LogP contribution in [0.2, 0.25) is 0 Å². The van der Waals surface area contributed by atoms with Gasteiger partial charge >= 0.3 is 0 Å². The zero-order valence-corrected chi connectivity index (χ0v) is 8.63. The fourth-order valence-corrected chi connectivity index (χ4v) is 1.98. The molecular weight excluding hydrogens is 192 g/mol. The molecule has 0 spiro atoms. The fraction of sp³-hybridized carbons (Fsp3) is 0.375. The molecule has 0 radical (unpaired) electrons. The molecule has 0 unspecified atom stereocenters. The third-order valence-electron chi connectivity index (χ3n) is 1.48. The van der Waals surface area contributed by atoms with E-state index in [1.807, 2.05) is 13.0 Å². The first-order chi connectivity index (χ1) is 5.74. The molecule has 0 amide bonds. The smallest absolute Gasteiger partial charge is 0.246 e. The second kappa shape index (κ2) is 4.62. The van der Waals surface area contributed by atoms with Crippen molar-refractivity contribution < 1.29 is 9.21 Å². The van der Waals surface area contributed by atoms with Crippen LogP contribution < -0.4 is 0 Å². The summed E-state index contributed by atoms with van der Waals surface area (Å²) in [5, 5.41) is 0. The number of thioether (sulfide) groups is 2. The number of carbonyl (C=O) groups is 1. The Morgan fingerprint density at radius 3 is 2.92 bits per heavy atom. The summed E-state index contributed by atoms with van der Waals surface area (Å²) in [6.45, 7) is 1.90. The van der Waals surface area contributed by atoms with Crippen LogP contribution in [0.5, 0.6) is 0 Å². The third kappa shape index (κ3) is 2.60. The van der Waals surface area contributed by atoms with Crippen LogP contribution in [0.1, 0.15) is 11.3 Å². The highest BCUT2D eigenvalue weighted by molar-refractivity contribution is 8.38. The van der Waals surface area contributed by atoms with Gasteiger partial charge < -0.3 is 4.42 Å². The Labute approximate surface area is 80.1 Å². The number of furan rings is 1. The van der Waals surface area contributed by atoms with Gasteiger partial charge in [-0.2, -0.15) is 0 Å². The van der Waals surface area contributed by atoms with Crippen molar-refractivity contribution in [3.63, 3.8) is 0 Å². The van der Waals surface area contributed by atoms with Crippen molar-refractivity contribution in [1.82, 2.24) is 0 Å². The van der Waals surface area contributed by atoms with Crippen molar-refractivity contribution in [2.24, 2.45) is 0 Å². The molecule has 1 rings (SSSR count). The van der Waals surface area contributed by atoms with Gasteiger partial charge in [0.1, 0.15) is 5.76 Å². The van der Waals surface area contributed by atoms with Gasteiger partial charge in [0.15, 0.2) is 0 Å². The lowest BCUT2D eigenvalue weighted by Crippen LogP contribution is -1.83. The minimum atomic E-state index is 0.149. The molecule has 0 N–H and O–H groups in total. The first-order valence-corrected chi connectivity index (χ1v) is 5.69. The molecular formula is C8H10O2S2. The van der Waals surface area contributed by atoms with Crippen LogP contribution in [-0.2, 0) is 5.75 Å². The predicted octanol–water partition coefficient (Wildman–Crippen LogP) is 3.30. The number of rotatable bonds is 2. The number of carbonyl (C=O) groups excluding carboxylic acids is 1. The molecule has 0 aliphatic heterocycles. The molecule has 1 aromatic rings. The molecule has 0 aromatic carbocycles. The Balaban J connectivity index is 2.43. The topological polar surface area (TPSA) is 30.2 Å². The van der Waals surface area contributed by atoms with Gasteiger partial charge in [-0.3, -0.25) is 4.79 Å². The maximum Gasteiger partial charge on any atom is 0.246 e. The first-order valence-electron chi connectivity index (χ1n) is 3.47. The van der Waals surface area contributed by atoms with Gasteiger partial charge in [-0.1, -0.05) is 23.5 Å². The van der Waals surface area contributed by atoms with E-state index < -0.39 is 0 Å². The van der Waals surface area contributed by atoms with E-state index >= 15 is 0 Å². The van der Waals surface area contributed by atoms with E-state index in [0.29, 0.717) is 5.75 Å². The van der Waals surface area contributed by atoms with Crippen LogP contribution in [0.3, 0.4) is 0 Å². The summed E-state index contributed by atoms with van der Waals surface area (Å²) in [5.41, 5.74) is 1.10. The van der Waals surface area contributed by atoms with Crippen LogP contribution in [0.4, 0.5) is 4.79 Å². The lowest BCUT2D eigenvalue weighted by Gasteiger charge is -1.95. The first kappa shape index (κ1) is 9.74. The Hall–Kier alpha value is -0.350. The molecule has 0 aliphatic carbocycles. The zero-order chi connectivity index (χ0) is 8.97. The second-order valence-corrected chi connectivity index (χ2v) is 4.23. The van der Waals surface area contributed by atoms with E-state index in [2.05, 4.69) is 0 Å². The summed E-state index contributed by atoms with van der Waals surface area (Å²) >= 11 is 2.56. The molecule has 12 heavy (non-hydrogen) atoms. The Morgan fingerprint density at radius 1 is 1.67 bits per heavy atom. The van der Waals surface area contributed by atoms with Crippen LogP contribution in [-0.4, -0.2) is 10.7 Å². The van der Waals surface area contributed by atoms with E-state index in [0.717, 1.165) is 11.3 Å². The minimum Gasteiger partial charge on any atom is -0.469 e. The number of hydrogen-bond acceptors (Lipinski definition) is 4. The van der Waals surface area contributed by atoms with Gasteiger partial charge in [-0.25, -0.2) is 0 Å². The lowest BCUT2D eigenvalue weighted by molar-refractivity contribution is 0.276. The average molecular weight is 202 g/mol. The van der Waals surface area contributed by atoms with Crippen molar-refractivity contribution in [3.05, 3.63) is 23.7 Å². The summed E-state index contributed by atoms with van der Waals surface area (Å²) in [6.07, 6.45) is 3.44. The molecule has 1 heterocycles. The number of aryl methyl sites for hydroxylation is 1.